The van der Waals surface area contributed by atoms with E-state index >= 15 is 0 Å². The topological polar surface area (TPSA) is 37.4 Å². The minimum atomic E-state index is -0.466. The fourth-order valence-corrected chi connectivity index (χ4v) is 1.69. The lowest BCUT2D eigenvalue weighted by molar-refractivity contribution is -0.141. The first kappa shape index (κ1) is 7.71. The summed E-state index contributed by atoms with van der Waals surface area (Å²) in [6.07, 6.45) is 1.00. The van der Waals surface area contributed by atoms with Crippen LogP contribution in [0.2, 0.25) is 0 Å². The lowest BCUT2D eigenvalue weighted by Gasteiger charge is -2.14. The van der Waals surface area contributed by atoms with Crippen LogP contribution in [0.25, 0.3) is 0 Å². The van der Waals surface area contributed by atoms with Gasteiger partial charge in [0.15, 0.2) is 0 Å². The second kappa shape index (κ2) is 2.54. The summed E-state index contributed by atoms with van der Waals surface area (Å²) in [6.45, 7) is -0.201. The van der Waals surface area contributed by atoms with Gasteiger partial charge in [0.25, 0.3) is 0 Å². The number of halogens is 1. The first-order chi connectivity index (χ1) is 5.75. The molecule has 0 bridgehead atoms. The highest BCUT2D eigenvalue weighted by molar-refractivity contribution is 6.08. The molecule has 1 saturated carbocycles. The Morgan fingerprint density at radius 1 is 1.33 bits per heavy atom. The van der Waals surface area contributed by atoms with Crippen LogP contribution < -0.4 is 0 Å². The van der Waals surface area contributed by atoms with Crippen LogP contribution in [0.4, 0.5) is 4.39 Å². The third kappa shape index (κ3) is 0.940. The molecule has 0 aromatic rings. The number of hydrogen-bond acceptors (Lipinski definition) is 2. The zero-order chi connectivity index (χ0) is 8.72. The number of likely N-dealkylation sites (tertiary alicyclic amines) is 1. The van der Waals surface area contributed by atoms with Crippen LogP contribution in [0.1, 0.15) is 12.8 Å². The smallest absolute Gasteiger partial charge is 0.233 e. The molecule has 1 heterocycles. The van der Waals surface area contributed by atoms with Gasteiger partial charge in [-0.15, -0.1) is 0 Å². The quantitative estimate of drug-likeness (QED) is 0.574. The van der Waals surface area contributed by atoms with Gasteiger partial charge in [-0.2, -0.15) is 0 Å². The summed E-state index contributed by atoms with van der Waals surface area (Å²) in [5.74, 6) is -0.258. The molecule has 1 saturated heterocycles. The van der Waals surface area contributed by atoms with Crippen molar-refractivity contribution in [3.8, 4) is 0 Å². The average Bonchev–Trinajstić information content (AvgIpc) is 2.78. The van der Waals surface area contributed by atoms with E-state index in [1.165, 1.54) is 4.90 Å². The van der Waals surface area contributed by atoms with Crippen LogP contribution in [0.15, 0.2) is 0 Å². The lowest BCUT2D eigenvalue weighted by atomic mass is 10.3. The Hall–Kier alpha value is -0.930. The fraction of sp³-hybridized carbons (Fsp3) is 0.750. The summed E-state index contributed by atoms with van der Waals surface area (Å²) in [5.41, 5.74) is 0. The Bertz CT molecular complexity index is 221. The molecule has 0 aromatic carbocycles. The molecule has 0 spiro atoms. The van der Waals surface area contributed by atoms with Crippen molar-refractivity contribution in [2.24, 2.45) is 11.8 Å². The van der Waals surface area contributed by atoms with Gasteiger partial charge in [0.2, 0.25) is 11.8 Å². The minimum Gasteiger partial charge on any atom is -0.282 e. The van der Waals surface area contributed by atoms with Crippen molar-refractivity contribution in [3.63, 3.8) is 0 Å². The molecular formula is C8H10FNO2. The van der Waals surface area contributed by atoms with Gasteiger partial charge in [0, 0.05) is 6.54 Å². The molecule has 2 rings (SSSR count). The summed E-state index contributed by atoms with van der Waals surface area (Å²) in [6, 6.07) is 0. The van der Waals surface area contributed by atoms with Gasteiger partial charge in [-0.1, -0.05) is 0 Å². The molecule has 3 nitrogen and oxygen atoms in total. The molecule has 2 amide bonds. The van der Waals surface area contributed by atoms with Crippen molar-refractivity contribution >= 4 is 11.8 Å². The second-order valence-corrected chi connectivity index (χ2v) is 3.32. The third-order valence-electron chi connectivity index (χ3n) is 2.47. The standard InChI is InChI=1S/C8H10FNO2/c9-2-1-3-10-7(11)5-4-6(5)8(10)12/h5-6H,1-4H2. The molecule has 1 aliphatic carbocycles. The van der Waals surface area contributed by atoms with Gasteiger partial charge in [-0.25, -0.2) is 0 Å². The number of piperidine rings is 1. The largest absolute Gasteiger partial charge is 0.282 e. The number of nitrogens with zero attached hydrogens (tertiary/aromatic N) is 1. The molecule has 2 unspecified atom stereocenters. The number of fused-ring (bicyclic) bond motifs is 1. The van der Waals surface area contributed by atoms with E-state index in [-0.39, 0.29) is 36.6 Å². The Morgan fingerprint density at radius 2 is 1.92 bits per heavy atom. The average molecular weight is 171 g/mol. The molecule has 0 N–H and O–H groups in total. The zero-order valence-electron chi connectivity index (χ0n) is 6.62. The number of rotatable bonds is 3. The molecule has 4 heteroatoms. The van der Waals surface area contributed by atoms with Crippen molar-refractivity contribution in [1.82, 2.24) is 4.90 Å². The third-order valence-corrected chi connectivity index (χ3v) is 2.47. The van der Waals surface area contributed by atoms with E-state index < -0.39 is 6.67 Å². The monoisotopic (exact) mass is 171 g/mol. The van der Waals surface area contributed by atoms with Crippen LogP contribution in [-0.4, -0.2) is 29.9 Å². The first-order valence-electron chi connectivity index (χ1n) is 4.17. The van der Waals surface area contributed by atoms with E-state index in [0.717, 1.165) is 6.42 Å². The van der Waals surface area contributed by atoms with Crippen LogP contribution in [0.3, 0.4) is 0 Å². The van der Waals surface area contributed by atoms with E-state index in [4.69, 9.17) is 0 Å². The number of imide groups is 1. The molecular weight excluding hydrogens is 161 g/mol. The molecule has 2 atom stereocenters. The summed E-state index contributed by atoms with van der Waals surface area (Å²) in [7, 11) is 0. The van der Waals surface area contributed by atoms with Gasteiger partial charge >= 0.3 is 0 Å². The zero-order valence-corrected chi connectivity index (χ0v) is 6.62. The van der Waals surface area contributed by atoms with Gasteiger partial charge in [0.05, 0.1) is 18.5 Å². The highest BCUT2D eigenvalue weighted by Crippen LogP contribution is 2.46. The minimum absolute atomic E-state index is 0.0443. The predicted molar refractivity (Wildman–Crippen MR) is 38.9 cm³/mol. The number of alkyl halides is 1. The molecule has 2 aliphatic rings. The van der Waals surface area contributed by atoms with Gasteiger partial charge in [0.1, 0.15) is 0 Å². The van der Waals surface area contributed by atoms with E-state index in [1.807, 2.05) is 0 Å². The molecule has 0 aromatic heterocycles. The fourth-order valence-electron chi connectivity index (χ4n) is 1.69. The lowest BCUT2D eigenvalue weighted by Crippen LogP contribution is -2.33. The van der Waals surface area contributed by atoms with Gasteiger partial charge in [-0.05, 0) is 12.8 Å². The van der Waals surface area contributed by atoms with Crippen molar-refractivity contribution in [2.75, 3.05) is 13.2 Å². The second-order valence-electron chi connectivity index (χ2n) is 3.32. The van der Waals surface area contributed by atoms with Gasteiger partial charge in [-0.3, -0.25) is 18.9 Å². The SMILES string of the molecule is O=C1C2CC2C(=O)N1CCCF. The molecule has 66 valence electrons. The molecule has 12 heavy (non-hydrogen) atoms. The highest BCUT2D eigenvalue weighted by atomic mass is 19.1. The van der Waals surface area contributed by atoms with Crippen molar-refractivity contribution < 1.29 is 14.0 Å². The number of hydrogen-bond donors (Lipinski definition) is 0. The van der Waals surface area contributed by atoms with Gasteiger partial charge < -0.3 is 0 Å². The molecule has 0 radical (unpaired) electrons. The summed E-state index contributed by atoms with van der Waals surface area (Å²) in [4.78, 5) is 23.7. The van der Waals surface area contributed by atoms with Crippen LogP contribution in [0.5, 0.6) is 0 Å². The maximum absolute atomic E-state index is 11.8. The Labute approximate surface area is 69.5 Å². The predicted octanol–water partition coefficient (Wildman–Crippen LogP) is 0.351. The maximum atomic E-state index is 11.8. The summed E-state index contributed by atoms with van der Waals surface area (Å²) >= 11 is 0. The maximum Gasteiger partial charge on any atom is 0.233 e. The molecule has 1 aliphatic heterocycles. The van der Waals surface area contributed by atoms with E-state index in [9.17, 15) is 14.0 Å². The normalized spacial score (nSPS) is 32.6. The Kier molecular flexibility index (Phi) is 1.63. The number of amides is 2. The highest BCUT2D eigenvalue weighted by Gasteiger charge is 2.58. The van der Waals surface area contributed by atoms with Crippen LogP contribution >= 0.6 is 0 Å². The first-order valence-corrected chi connectivity index (χ1v) is 4.17. The molecule has 2 fully saturated rings. The summed E-state index contributed by atoms with van der Waals surface area (Å²) in [5, 5.41) is 0. The van der Waals surface area contributed by atoms with Crippen LogP contribution in [-0.2, 0) is 9.59 Å². The van der Waals surface area contributed by atoms with Crippen molar-refractivity contribution in [3.05, 3.63) is 0 Å². The van der Waals surface area contributed by atoms with E-state index in [1.54, 1.807) is 0 Å². The van der Waals surface area contributed by atoms with E-state index in [2.05, 4.69) is 0 Å². The van der Waals surface area contributed by atoms with E-state index in [0.29, 0.717) is 0 Å². The van der Waals surface area contributed by atoms with Crippen molar-refractivity contribution in [2.45, 2.75) is 12.8 Å². The Morgan fingerprint density at radius 3 is 2.42 bits per heavy atom. The van der Waals surface area contributed by atoms with Crippen molar-refractivity contribution in [1.29, 1.82) is 0 Å². The Balaban J connectivity index is 1.97. The van der Waals surface area contributed by atoms with Crippen LogP contribution in [0, 0.1) is 11.8 Å². The number of carbonyl (C=O) groups excluding carboxylic acids is 2. The summed E-state index contributed by atoms with van der Waals surface area (Å²) < 4.78 is 11.8. The number of carbonyl (C=O) groups is 2.